The number of nitrogens with one attached hydrogen (secondary N) is 1. The van der Waals surface area contributed by atoms with Crippen molar-refractivity contribution in [2.24, 2.45) is 0 Å². The van der Waals surface area contributed by atoms with Gasteiger partial charge in [-0.25, -0.2) is 4.79 Å². The Labute approximate surface area is 146 Å². The highest BCUT2D eigenvalue weighted by atomic mass is 16.6. The van der Waals surface area contributed by atoms with Gasteiger partial charge in [0.25, 0.3) is 5.91 Å². The zero-order valence-electron chi connectivity index (χ0n) is 14.4. The van der Waals surface area contributed by atoms with Gasteiger partial charge in [-0.05, 0) is 38.1 Å². The molecule has 0 saturated carbocycles. The van der Waals surface area contributed by atoms with Crippen LogP contribution in [0.3, 0.4) is 0 Å². The van der Waals surface area contributed by atoms with E-state index in [0.717, 1.165) is 0 Å². The quantitative estimate of drug-likeness (QED) is 0.782. The van der Waals surface area contributed by atoms with Crippen LogP contribution in [0.15, 0.2) is 54.6 Å². The lowest BCUT2D eigenvalue weighted by atomic mass is 10.2. The average molecular weight is 343 g/mol. The highest BCUT2D eigenvalue weighted by Gasteiger charge is 2.23. The second kappa shape index (κ2) is 8.73. The Morgan fingerprint density at radius 3 is 2.24 bits per heavy atom. The Morgan fingerprint density at radius 1 is 0.920 bits per heavy atom. The molecule has 0 saturated heterocycles. The number of rotatable bonds is 7. The standard InChI is InChI=1S/C19H21NO5/c1-13(18(21)20-16-11-7-8-12-17(16)23-3)25-19(22)14(2)24-15-9-5-4-6-10-15/h4-14H,1-3H3,(H,20,21)/t13-,14-/m1/s1. The van der Waals surface area contributed by atoms with Crippen LogP contribution in [0.4, 0.5) is 5.69 Å². The van der Waals surface area contributed by atoms with Crippen molar-refractivity contribution in [3.8, 4) is 11.5 Å². The summed E-state index contributed by atoms with van der Waals surface area (Å²) >= 11 is 0. The highest BCUT2D eigenvalue weighted by Crippen LogP contribution is 2.23. The molecule has 0 radical (unpaired) electrons. The lowest BCUT2D eigenvalue weighted by molar-refractivity contribution is -0.159. The van der Waals surface area contributed by atoms with Crippen molar-refractivity contribution in [1.29, 1.82) is 0 Å². The number of anilines is 1. The van der Waals surface area contributed by atoms with Gasteiger partial charge in [0.1, 0.15) is 11.5 Å². The van der Waals surface area contributed by atoms with Crippen molar-refractivity contribution in [2.45, 2.75) is 26.1 Å². The van der Waals surface area contributed by atoms with Crippen LogP contribution in [0.2, 0.25) is 0 Å². The summed E-state index contributed by atoms with van der Waals surface area (Å²) in [5, 5.41) is 2.67. The summed E-state index contributed by atoms with van der Waals surface area (Å²) in [5.74, 6) is 0.00419. The van der Waals surface area contributed by atoms with E-state index in [2.05, 4.69) is 5.32 Å². The van der Waals surface area contributed by atoms with Crippen LogP contribution in [0.5, 0.6) is 11.5 Å². The molecule has 2 aromatic rings. The van der Waals surface area contributed by atoms with Crippen LogP contribution in [-0.4, -0.2) is 31.2 Å². The monoisotopic (exact) mass is 343 g/mol. The van der Waals surface area contributed by atoms with Crippen molar-refractivity contribution in [2.75, 3.05) is 12.4 Å². The molecular weight excluding hydrogens is 322 g/mol. The van der Waals surface area contributed by atoms with Crippen LogP contribution < -0.4 is 14.8 Å². The van der Waals surface area contributed by atoms with E-state index < -0.39 is 24.1 Å². The minimum absolute atomic E-state index is 0.454. The highest BCUT2D eigenvalue weighted by molar-refractivity contribution is 5.96. The van der Waals surface area contributed by atoms with E-state index in [1.807, 2.05) is 6.07 Å². The molecule has 1 N–H and O–H groups in total. The van der Waals surface area contributed by atoms with Crippen LogP contribution in [0, 0.1) is 0 Å². The molecule has 0 spiro atoms. The molecule has 2 rings (SSSR count). The zero-order valence-corrected chi connectivity index (χ0v) is 14.4. The summed E-state index contributed by atoms with van der Waals surface area (Å²) in [4.78, 5) is 24.3. The SMILES string of the molecule is COc1ccccc1NC(=O)[C@@H](C)OC(=O)[C@@H](C)Oc1ccccc1. The molecule has 132 valence electrons. The predicted octanol–water partition coefficient (Wildman–Crippen LogP) is 3.03. The van der Waals surface area contributed by atoms with E-state index in [0.29, 0.717) is 17.2 Å². The largest absolute Gasteiger partial charge is 0.495 e. The minimum atomic E-state index is -0.973. The maximum atomic E-state index is 12.2. The number of benzene rings is 2. The lowest BCUT2D eigenvalue weighted by Crippen LogP contribution is -2.35. The molecule has 0 bridgehead atoms. The smallest absolute Gasteiger partial charge is 0.347 e. The molecule has 0 unspecified atom stereocenters. The third-order valence-electron chi connectivity index (χ3n) is 3.41. The first-order valence-corrected chi connectivity index (χ1v) is 7.87. The first kappa shape index (κ1) is 18.3. The van der Waals surface area contributed by atoms with Crippen molar-refractivity contribution >= 4 is 17.6 Å². The number of esters is 1. The number of hydrogen-bond acceptors (Lipinski definition) is 5. The third kappa shape index (κ3) is 5.24. The Bertz CT molecular complexity index is 717. The minimum Gasteiger partial charge on any atom is -0.495 e. The molecule has 6 nitrogen and oxygen atoms in total. The van der Waals surface area contributed by atoms with Gasteiger partial charge in [0, 0.05) is 0 Å². The number of carbonyl (C=O) groups is 2. The molecule has 1 amide bonds. The van der Waals surface area contributed by atoms with Gasteiger partial charge in [0.2, 0.25) is 0 Å². The Morgan fingerprint density at radius 2 is 1.56 bits per heavy atom. The number of carbonyl (C=O) groups excluding carboxylic acids is 2. The van der Waals surface area contributed by atoms with E-state index in [-0.39, 0.29) is 0 Å². The molecule has 25 heavy (non-hydrogen) atoms. The van der Waals surface area contributed by atoms with E-state index in [1.54, 1.807) is 55.5 Å². The van der Waals surface area contributed by atoms with Crippen LogP contribution in [-0.2, 0) is 14.3 Å². The Hall–Kier alpha value is -3.02. The van der Waals surface area contributed by atoms with Crippen molar-refractivity contribution in [3.05, 3.63) is 54.6 Å². The average Bonchev–Trinajstić information content (AvgIpc) is 2.62. The van der Waals surface area contributed by atoms with Crippen LogP contribution in [0.25, 0.3) is 0 Å². The fourth-order valence-electron chi connectivity index (χ4n) is 2.06. The number of para-hydroxylation sites is 3. The first-order chi connectivity index (χ1) is 12.0. The normalized spacial score (nSPS) is 12.6. The molecule has 0 aliphatic heterocycles. The van der Waals surface area contributed by atoms with Gasteiger partial charge in [0.05, 0.1) is 12.8 Å². The molecule has 6 heteroatoms. The maximum absolute atomic E-state index is 12.2. The van der Waals surface area contributed by atoms with Gasteiger partial charge < -0.3 is 19.5 Å². The third-order valence-corrected chi connectivity index (χ3v) is 3.41. The number of hydrogen-bond donors (Lipinski definition) is 1. The predicted molar refractivity (Wildman–Crippen MR) is 93.7 cm³/mol. The molecule has 0 heterocycles. The summed E-state index contributed by atoms with van der Waals surface area (Å²) in [7, 11) is 1.51. The van der Waals surface area contributed by atoms with Crippen molar-refractivity contribution in [3.63, 3.8) is 0 Å². The van der Waals surface area contributed by atoms with Gasteiger partial charge >= 0.3 is 5.97 Å². The Balaban J connectivity index is 1.90. The van der Waals surface area contributed by atoms with Gasteiger partial charge in [0.15, 0.2) is 12.2 Å². The van der Waals surface area contributed by atoms with Crippen molar-refractivity contribution in [1.82, 2.24) is 0 Å². The van der Waals surface area contributed by atoms with Gasteiger partial charge in [-0.2, -0.15) is 0 Å². The molecule has 0 aliphatic carbocycles. The molecular formula is C19H21NO5. The fourth-order valence-corrected chi connectivity index (χ4v) is 2.06. The number of amides is 1. The topological polar surface area (TPSA) is 73.9 Å². The van der Waals surface area contributed by atoms with E-state index in [4.69, 9.17) is 14.2 Å². The molecule has 2 atom stereocenters. The first-order valence-electron chi connectivity index (χ1n) is 7.87. The summed E-state index contributed by atoms with van der Waals surface area (Å²) in [6, 6.07) is 15.9. The van der Waals surface area contributed by atoms with E-state index in [1.165, 1.54) is 14.0 Å². The van der Waals surface area contributed by atoms with Gasteiger partial charge in [-0.3, -0.25) is 4.79 Å². The summed E-state index contributed by atoms with van der Waals surface area (Å²) < 4.78 is 15.8. The van der Waals surface area contributed by atoms with Gasteiger partial charge in [-0.1, -0.05) is 30.3 Å². The summed E-state index contributed by atoms with van der Waals surface area (Å²) in [5.41, 5.74) is 0.506. The second-order valence-electron chi connectivity index (χ2n) is 5.34. The van der Waals surface area contributed by atoms with Crippen molar-refractivity contribution < 1.29 is 23.8 Å². The zero-order chi connectivity index (χ0) is 18.2. The van der Waals surface area contributed by atoms with Crippen LogP contribution in [0.1, 0.15) is 13.8 Å². The molecule has 0 fully saturated rings. The van der Waals surface area contributed by atoms with Gasteiger partial charge in [-0.15, -0.1) is 0 Å². The number of methoxy groups -OCH3 is 1. The lowest BCUT2D eigenvalue weighted by Gasteiger charge is -2.18. The van der Waals surface area contributed by atoms with E-state index >= 15 is 0 Å². The maximum Gasteiger partial charge on any atom is 0.347 e. The number of ether oxygens (including phenoxy) is 3. The van der Waals surface area contributed by atoms with Crippen LogP contribution >= 0.6 is 0 Å². The molecule has 2 aromatic carbocycles. The Kier molecular flexibility index (Phi) is 6.39. The fraction of sp³-hybridized carbons (Fsp3) is 0.263. The molecule has 0 aromatic heterocycles. The second-order valence-corrected chi connectivity index (χ2v) is 5.34. The summed E-state index contributed by atoms with van der Waals surface area (Å²) in [6.07, 6.45) is -1.80. The van der Waals surface area contributed by atoms with E-state index in [9.17, 15) is 9.59 Å². The molecule has 0 aliphatic rings. The summed E-state index contributed by atoms with van der Waals surface area (Å²) in [6.45, 7) is 3.07.